The lowest BCUT2D eigenvalue weighted by Crippen LogP contribution is -2.65. The van der Waals surface area contributed by atoms with Crippen molar-refractivity contribution in [2.24, 2.45) is 5.92 Å². The van der Waals surface area contributed by atoms with E-state index in [-0.39, 0.29) is 23.4 Å². The van der Waals surface area contributed by atoms with Crippen LogP contribution in [0.2, 0.25) is 10.0 Å². The SMILES string of the molecule is C[C@]1(NC(=O)CC2CC2)CC2(CCN(Cc3c(F)ccc(Cl)c3Cl)CC2)OC[C@@H]1O. The Hall–Kier alpha value is -0.920. The molecule has 0 unspecified atom stereocenters. The van der Waals surface area contributed by atoms with Gasteiger partial charge in [0, 0.05) is 38.0 Å². The van der Waals surface area contributed by atoms with Crippen LogP contribution >= 0.6 is 23.2 Å². The van der Waals surface area contributed by atoms with Crippen molar-refractivity contribution in [3.05, 3.63) is 33.6 Å². The van der Waals surface area contributed by atoms with Crippen LogP contribution in [0, 0.1) is 11.7 Å². The fourth-order valence-corrected chi connectivity index (χ4v) is 5.13. The molecule has 1 saturated carbocycles. The van der Waals surface area contributed by atoms with Gasteiger partial charge in [-0.3, -0.25) is 9.69 Å². The van der Waals surface area contributed by atoms with Crippen molar-refractivity contribution in [1.82, 2.24) is 10.2 Å². The smallest absolute Gasteiger partial charge is 0.220 e. The maximum Gasteiger partial charge on any atom is 0.220 e. The van der Waals surface area contributed by atoms with Crippen LogP contribution in [0.25, 0.3) is 0 Å². The monoisotopic (exact) mass is 458 g/mol. The van der Waals surface area contributed by atoms with E-state index in [0.717, 1.165) is 25.7 Å². The Morgan fingerprint density at radius 1 is 1.33 bits per heavy atom. The molecule has 166 valence electrons. The summed E-state index contributed by atoms with van der Waals surface area (Å²) in [5, 5.41) is 14.3. The molecule has 5 nitrogen and oxygen atoms in total. The molecule has 0 radical (unpaired) electrons. The Morgan fingerprint density at radius 3 is 2.70 bits per heavy atom. The van der Waals surface area contributed by atoms with Gasteiger partial charge >= 0.3 is 0 Å². The van der Waals surface area contributed by atoms with Gasteiger partial charge in [-0.2, -0.15) is 0 Å². The number of nitrogens with zero attached hydrogens (tertiary/aromatic N) is 1. The van der Waals surface area contributed by atoms with E-state index < -0.39 is 17.2 Å². The molecule has 1 aromatic carbocycles. The van der Waals surface area contributed by atoms with E-state index >= 15 is 0 Å². The summed E-state index contributed by atoms with van der Waals surface area (Å²) in [6, 6.07) is 2.81. The first kappa shape index (κ1) is 22.3. The van der Waals surface area contributed by atoms with Gasteiger partial charge in [-0.15, -0.1) is 0 Å². The lowest BCUT2D eigenvalue weighted by molar-refractivity contribution is -0.181. The summed E-state index contributed by atoms with van der Waals surface area (Å²) in [5.41, 5.74) is -0.680. The third-order valence-electron chi connectivity index (χ3n) is 6.86. The number of halogens is 3. The van der Waals surface area contributed by atoms with E-state index in [0.29, 0.717) is 49.0 Å². The Kier molecular flexibility index (Phi) is 6.35. The van der Waals surface area contributed by atoms with Crippen molar-refractivity contribution in [3.8, 4) is 0 Å². The number of carbonyl (C=O) groups is 1. The van der Waals surface area contributed by atoms with Gasteiger partial charge < -0.3 is 15.2 Å². The van der Waals surface area contributed by atoms with E-state index in [9.17, 15) is 14.3 Å². The fourth-order valence-electron chi connectivity index (χ4n) is 4.74. The van der Waals surface area contributed by atoms with Gasteiger partial charge in [-0.1, -0.05) is 23.2 Å². The Balaban J connectivity index is 1.38. The second kappa shape index (κ2) is 8.55. The molecule has 1 spiro atoms. The van der Waals surface area contributed by atoms with Crippen LogP contribution < -0.4 is 5.32 Å². The maximum atomic E-state index is 14.2. The van der Waals surface area contributed by atoms with E-state index in [2.05, 4.69) is 10.2 Å². The summed E-state index contributed by atoms with van der Waals surface area (Å²) in [6.07, 6.45) is 4.10. The minimum atomic E-state index is -0.733. The molecule has 3 fully saturated rings. The topological polar surface area (TPSA) is 61.8 Å². The molecule has 1 aromatic rings. The highest BCUT2D eigenvalue weighted by Gasteiger charge is 2.50. The van der Waals surface area contributed by atoms with Crippen molar-refractivity contribution < 1.29 is 19.0 Å². The van der Waals surface area contributed by atoms with Gasteiger partial charge in [0.1, 0.15) is 11.9 Å². The average molecular weight is 459 g/mol. The molecule has 2 saturated heterocycles. The number of rotatable bonds is 5. The number of ether oxygens (including phenoxy) is 1. The number of benzene rings is 1. The summed E-state index contributed by atoms with van der Waals surface area (Å²) in [4.78, 5) is 14.5. The molecule has 0 bridgehead atoms. The van der Waals surface area contributed by atoms with E-state index in [1.54, 1.807) is 0 Å². The molecule has 2 heterocycles. The predicted molar refractivity (Wildman–Crippen MR) is 114 cm³/mol. The van der Waals surface area contributed by atoms with Gasteiger partial charge in [0.25, 0.3) is 0 Å². The zero-order valence-electron chi connectivity index (χ0n) is 17.2. The highest BCUT2D eigenvalue weighted by atomic mass is 35.5. The first-order valence-corrected chi connectivity index (χ1v) is 11.4. The normalized spacial score (nSPS) is 29.2. The number of hydrogen-bond acceptors (Lipinski definition) is 4. The van der Waals surface area contributed by atoms with Gasteiger partial charge in [0.2, 0.25) is 5.91 Å². The highest BCUT2D eigenvalue weighted by Crippen LogP contribution is 2.41. The number of likely N-dealkylation sites (tertiary alicyclic amines) is 1. The van der Waals surface area contributed by atoms with Crippen molar-refractivity contribution in [3.63, 3.8) is 0 Å². The Bertz CT molecular complexity index is 812. The van der Waals surface area contributed by atoms with E-state index in [1.807, 2.05) is 6.92 Å². The molecule has 0 aromatic heterocycles. The number of nitrogens with one attached hydrogen (secondary N) is 1. The van der Waals surface area contributed by atoms with Crippen LogP contribution in [0.3, 0.4) is 0 Å². The number of carbonyl (C=O) groups excluding carboxylic acids is 1. The van der Waals surface area contributed by atoms with E-state index in [4.69, 9.17) is 27.9 Å². The molecule has 4 rings (SSSR count). The number of piperidine rings is 1. The average Bonchev–Trinajstić information content (AvgIpc) is 3.51. The standard InChI is InChI=1S/C22H29Cl2FN2O3/c1-21(26-19(29)10-14-2-3-14)13-22(30-12-18(21)28)6-8-27(9-7-22)11-15-17(25)5-4-16(23)20(15)24/h4-5,14,18,28H,2-3,6-13H2,1H3,(H,26,29)/t18-,21-/m0/s1. The number of aliphatic hydroxyl groups excluding tert-OH is 1. The van der Waals surface area contributed by atoms with Gasteiger partial charge in [0.05, 0.1) is 27.8 Å². The molecule has 2 N–H and O–H groups in total. The molecule has 1 amide bonds. The van der Waals surface area contributed by atoms with Gasteiger partial charge in [-0.05, 0) is 50.7 Å². The zero-order valence-corrected chi connectivity index (χ0v) is 18.7. The summed E-state index contributed by atoms with van der Waals surface area (Å²) in [5.74, 6) is 0.161. The summed E-state index contributed by atoms with van der Waals surface area (Å²) < 4.78 is 20.3. The van der Waals surface area contributed by atoms with Crippen LogP contribution in [0.5, 0.6) is 0 Å². The summed E-state index contributed by atoms with van der Waals surface area (Å²) in [6.45, 7) is 3.93. The molecular formula is C22H29Cl2FN2O3. The first-order chi connectivity index (χ1) is 14.2. The zero-order chi connectivity index (χ0) is 21.5. The Morgan fingerprint density at radius 2 is 2.03 bits per heavy atom. The fraction of sp³-hybridized carbons (Fsp3) is 0.682. The summed E-state index contributed by atoms with van der Waals surface area (Å²) >= 11 is 12.3. The molecule has 2 atom stereocenters. The molecule has 8 heteroatoms. The van der Waals surface area contributed by atoms with Crippen molar-refractivity contribution in [2.75, 3.05) is 19.7 Å². The number of aliphatic hydroxyl groups is 1. The van der Waals surface area contributed by atoms with Crippen molar-refractivity contribution in [1.29, 1.82) is 0 Å². The van der Waals surface area contributed by atoms with Gasteiger partial charge in [-0.25, -0.2) is 4.39 Å². The molecular weight excluding hydrogens is 430 g/mol. The molecule has 1 aliphatic carbocycles. The first-order valence-electron chi connectivity index (χ1n) is 10.7. The number of hydrogen-bond donors (Lipinski definition) is 2. The lowest BCUT2D eigenvalue weighted by Gasteiger charge is -2.52. The predicted octanol–water partition coefficient (Wildman–Crippen LogP) is 3.92. The second-order valence-corrected chi connectivity index (χ2v) is 10.2. The minimum Gasteiger partial charge on any atom is -0.388 e. The molecule has 3 aliphatic rings. The van der Waals surface area contributed by atoms with Gasteiger partial charge in [0.15, 0.2) is 0 Å². The number of amides is 1. The van der Waals surface area contributed by atoms with Crippen molar-refractivity contribution >= 4 is 29.1 Å². The van der Waals surface area contributed by atoms with Crippen LogP contribution in [0.4, 0.5) is 4.39 Å². The third-order valence-corrected chi connectivity index (χ3v) is 7.70. The molecule has 30 heavy (non-hydrogen) atoms. The van der Waals surface area contributed by atoms with Crippen LogP contribution in [0.1, 0.15) is 51.0 Å². The third kappa shape index (κ3) is 4.78. The van der Waals surface area contributed by atoms with Crippen molar-refractivity contribution in [2.45, 2.75) is 69.2 Å². The molecule has 2 aliphatic heterocycles. The van der Waals surface area contributed by atoms with Crippen LogP contribution in [-0.2, 0) is 16.1 Å². The van der Waals surface area contributed by atoms with Crippen LogP contribution in [0.15, 0.2) is 12.1 Å². The second-order valence-electron chi connectivity index (χ2n) is 9.40. The summed E-state index contributed by atoms with van der Waals surface area (Å²) in [7, 11) is 0. The highest BCUT2D eigenvalue weighted by molar-refractivity contribution is 6.42. The maximum absolute atomic E-state index is 14.2. The minimum absolute atomic E-state index is 0.0135. The Labute approximate surface area is 186 Å². The van der Waals surface area contributed by atoms with E-state index in [1.165, 1.54) is 12.1 Å². The largest absolute Gasteiger partial charge is 0.388 e. The van der Waals surface area contributed by atoms with Crippen LogP contribution in [-0.4, -0.2) is 52.9 Å². The lowest BCUT2D eigenvalue weighted by atomic mass is 9.74. The quantitative estimate of drug-likeness (QED) is 0.656.